The van der Waals surface area contributed by atoms with Gasteiger partial charge in [-0.25, -0.2) is 24.9 Å². The van der Waals surface area contributed by atoms with Gasteiger partial charge in [-0.3, -0.25) is 14.8 Å². The Kier molecular flexibility index (Phi) is 7.00. The number of ether oxygens (including phenoxy) is 1. The quantitative estimate of drug-likeness (QED) is 0.311. The van der Waals surface area contributed by atoms with Crippen molar-refractivity contribution in [1.82, 2.24) is 29.9 Å². The number of nitrogens with two attached hydrogens (primary N) is 1. The van der Waals surface area contributed by atoms with Gasteiger partial charge in [-0.05, 0) is 67.9 Å². The minimum Gasteiger partial charge on any atom is -0.481 e. The molecule has 0 aliphatic rings. The Morgan fingerprint density at radius 3 is 2.49 bits per heavy atom. The number of carbonyl (C=O) groups is 1. The number of aromatic nitrogens is 5. The zero-order chi connectivity index (χ0) is 27.5. The summed E-state index contributed by atoms with van der Waals surface area (Å²) in [5.74, 6) is 1.14. The highest BCUT2D eigenvalue weighted by atomic mass is 16.5. The third-order valence-electron chi connectivity index (χ3n) is 6.37. The Balaban J connectivity index is 1.48. The van der Waals surface area contributed by atoms with Crippen LogP contribution in [-0.4, -0.2) is 50.0 Å². The summed E-state index contributed by atoms with van der Waals surface area (Å²) in [6, 6.07) is 16.7. The summed E-state index contributed by atoms with van der Waals surface area (Å²) in [5.41, 5.74) is 11.3. The highest BCUT2D eigenvalue weighted by Gasteiger charge is 2.24. The lowest BCUT2D eigenvalue weighted by Crippen LogP contribution is -2.45. The van der Waals surface area contributed by atoms with E-state index in [2.05, 4.69) is 24.9 Å². The van der Waals surface area contributed by atoms with Gasteiger partial charge in [0.1, 0.15) is 5.82 Å². The molecule has 0 atom stereocenters. The summed E-state index contributed by atoms with van der Waals surface area (Å²) in [5, 5.41) is 4.01. The van der Waals surface area contributed by atoms with Gasteiger partial charge in [-0.2, -0.15) is 0 Å². The fourth-order valence-electron chi connectivity index (χ4n) is 4.20. The molecule has 10 heteroatoms. The van der Waals surface area contributed by atoms with Crippen molar-refractivity contribution in [2.75, 3.05) is 24.9 Å². The average molecular weight is 521 g/mol. The molecule has 1 amide bonds. The number of rotatable bonds is 7. The Bertz CT molecular complexity index is 1640. The van der Waals surface area contributed by atoms with E-state index in [9.17, 15) is 4.79 Å². The molecule has 0 aliphatic carbocycles. The number of methoxy groups -OCH3 is 1. The van der Waals surface area contributed by atoms with Gasteiger partial charge < -0.3 is 10.5 Å². The van der Waals surface area contributed by atoms with E-state index in [1.54, 1.807) is 61.0 Å². The SMILES string of the molecule is COc1nc(C)ccc1-c1ccc(CN(C(=O)c2ccc3nc(N)c(C)cc3c2)N(C)c2ncccn2)nc1. The molecule has 2 N–H and O–H groups in total. The monoisotopic (exact) mass is 520 g/mol. The molecule has 4 heterocycles. The number of anilines is 2. The van der Waals surface area contributed by atoms with Crippen molar-refractivity contribution in [2.24, 2.45) is 0 Å². The number of hydrogen-bond acceptors (Lipinski definition) is 9. The average Bonchev–Trinajstić information content (AvgIpc) is 2.96. The highest BCUT2D eigenvalue weighted by Crippen LogP contribution is 2.28. The minimum absolute atomic E-state index is 0.189. The topological polar surface area (TPSA) is 123 Å². The second kappa shape index (κ2) is 10.7. The molecule has 196 valence electrons. The molecule has 0 fully saturated rings. The van der Waals surface area contributed by atoms with Gasteiger partial charge in [0.05, 0.1) is 24.9 Å². The third-order valence-corrected chi connectivity index (χ3v) is 6.37. The first-order chi connectivity index (χ1) is 18.8. The Morgan fingerprint density at radius 1 is 0.974 bits per heavy atom. The fourth-order valence-corrected chi connectivity index (χ4v) is 4.20. The summed E-state index contributed by atoms with van der Waals surface area (Å²) < 4.78 is 5.46. The number of hydrogen-bond donors (Lipinski definition) is 1. The molecule has 5 rings (SSSR count). The largest absolute Gasteiger partial charge is 0.481 e. The van der Waals surface area contributed by atoms with E-state index in [0.717, 1.165) is 33.3 Å². The van der Waals surface area contributed by atoms with Gasteiger partial charge in [0.25, 0.3) is 5.91 Å². The lowest BCUT2D eigenvalue weighted by molar-refractivity contribution is 0.0727. The first-order valence-corrected chi connectivity index (χ1v) is 12.3. The van der Waals surface area contributed by atoms with Crippen LogP contribution in [0.15, 0.2) is 73.2 Å². The van der Waals surface area contributed by atoms with Crippen LogP contribution in [0.1, 0.15) is 27.3 Å². The summed E-state index contributed by atoms with van der Waals surface area (Å²) in [6.07, 6.45) is 5.01. The smallest absolute Gasteiger partial charge is 0.272 e. The molecule has 1 aromatic carbocycles. The van der Waals surface area contributed by atoms with E-state index < -0.39 is 0 Å². The standard InChI is InChI=1S/C29H28N8O2/c1-18-14-22-15-20(8-11-25(22)35-26(18)30)28(38)37(36(3)29-31-12-5-13-32-29)17-23-9-7-21(16-33-23)24-10-6-19(2)34-27(24)39-4/h5-16H,17H2,1-4H3,(H2,30,35). The molecule has 0 radical (unpaired) electrons. The minimum atomic E-state index is -0.239. The molecular weight excluding hydrogens is 492 g/mol. The van der Waals surface area contributed by atoms with E-state index in [-0.39, 0.29) is 12.5 Å². The lowest BCUT2D eigenvalue weighted by atomic mass is 10.1. The first kappa shape index (κ1) is 25.5. The summed E-state index contributed by atoms with van der Waals surface area (Å²) in [7, 11) is 3.34. The number of benzene rings is 1. The van der Waals surface area contributed by atoms with Crippen molar-refractivity contribution in [3.63, 3.8) is 0 Å². The molecule has 5 aromatic rings. The van der Waals surface area contributed by atoms with E-state index >= 15 is 0 Å². The molecular formula is C29H28N8O2. The van der Waals surface area contributed by atoms with Gasteiger partial charge in [-0.1, -0.05) is 6.07 Å². The van der Waals surface area contributed by atoms with Crippen LogP contribution in [0.2, 0.25) is 0 Å². The Labute approximate surface area is 226 Å². The zero-order valence-corrected chi connectivity index (χ0v) is 22.2. The Morgan fingerprint density at radius 2 is 1.77 bits per heavy atom. The van der Waals surface area contributed by atoms with Crippen LogP contribution in [0, 0.1) is 13.8 Å². The van der Waals surface area contributed by atoms with Crippen LogP contribution in [0.25, 0.3) is 22.0 Å². The predicted octanol–water partition coefficient (Wildman–Crippen LogP) is 4.38. The lowest BCUT2D eigenvalue weighted by Gasteiger charge is -2.31. The molecule has 0 spiro atoms. The number of nitrogen functional groups attached to an aromatic ring is 1. The number of carbonyl (C=O) groups excluding carboxylic acids is 1. The number of amides is 1. The van der Waals surface area contributed by atoms with E-state index in [4.69, 9.17) is 10.5 Å². The maximum atomic E-state index is 13.9. The van der Waals surface area contributed by atoms with Gasteiger partial charge in [0.2, 0.25) is 11.8 Å². The second-order valence-corrected chi connectivity index (χ2v) is 9.08. The molecule has 0 bridgehead atoms. The summed E-state index contributed by atoms with van der Waals surface area (Å²) in [4.78, 5) is 36.1. The number of aryl methyl sites for hydroxylation is 2. The van der Waals surface area contributed by atoms with Crippen molar-refractivity contribution in [3.05, 3.63) is 95.7 Å². The Hall–Kier alpha value is -5.12. The molecule has 10 nitrogen and oxygen atoms in total. The zero-order valence-electron chi connectivity index (χ0n) is 22.2. The van der Waals surface area contributed by atoms with Crippen LogP contribution in [0.4, 0.5) is 11.8 Å². The molecule has 0 aliphatic heterocycles. The maximum Gasteiger partial charge on any atom is 0.272 e. The summed E-state index contributed by atoms with van der Waals surface area (Å²) in [6.45, 7) is 3.99. The first-order valence-electron chi connectivity index (χ1n) is 12.3. The van der Waals surface area contributed by atoms with E-state index in [1.165, 1.54) is 0 Å². The van der Waals surface area contributed by atoms with E-state index in [0.29, 0.717) is 28.9 Å². The van der Waals surface area contributed by atoms with Crippen molar-refractivity contribution in [1.29, 1.82) is 0 Å². The van der Waals surface area contributed by atoms with Gasteiger partial charge in [0, 0.05) is 53.4 Å². The van der Waals surface area contributed by atoms with Crippen LogP contribution >= 0.6 is 0 Å². The number of nitrogens with zero attached hydrogens (tertiary/aromatic N) is 7. The van der Waals surface area contributed by atoms with Gasteiger partial charge in [0.15, 0.2) is 0 Å². The summed E-state index contributed by atoms with van der Waals surface area (Å²) >= 11 is 0. The highest BCUT2D eigenvalue weighted by molar-refractivity contribution is 5.98. The normalized spacial score (nSPS) is 10.9. The molecule has 4 aromatic heterocycles. The van der Waals surface area contributed by atoms with Crippen molar-refractivity contribution >= 4 is 28.6 Å². The number of hydrazine groups is 1. The molecule has 0 saturated carbocycles. The maximum absolute atomic E-state index is 13.9. The van der Waals surface area contributed by atoms with E-state index in [1.807, 2.05) is 50.2 Å². The fraction of sp³-hybridized carbons (Fsp3) is 0.172. The van der Waals surface area contributed by atoms with Crippen LogP contribution in [0.5, 0.6) is 5.88 Å². The van der Waals surface area contributed by atoms with Gasteiger partial charge >= 0.3 is 0 Å². The third kappa shape index (κ3) is 5.30. The van der Waals surface area contributed by atoms with Crippen molar-refractivity contribution < 1.29 is 9.53 Å². The molecule has 0 unspecified atom stereocenters. The predicted molar refractivity (Wildman–Crippen MR) is 150 cm³/mol. The number of fused-ring (bicyclic) bond motifs is 1. The van der Waals surface area contributed by atoms with Gasteiger partial charge in [-0.15, -0.1) is 0 Å². The van der Waals surface area contributed by atoms with Crippen molar-refractivity contribution in [2.45, 2.75) is 20.4 Å². The second-order valence-electron chi connectivity index (χ2n) is 9.08. The molecule has 0 saturated heterocycles. The van der Waals surface area contributed by atoms with Crippen LogP contribution in [0.3, 0.4) is 0 Å². The molecule has 39 heavy (non-hydrogen) atoms. The number of pyridine rings is 3. The van der Waals surface area contributed by atoms with Crippen LogP contribution < -0.4 is 15.5 Å². The van der Waals surface area contributed by atoms with Crippen molar-refractivity contribution in [3.8, 4) is 17.0 Å². The van der Waals surface area contributed by atoms with Crippen LogP contribution in [-0.2, 0) is 6.54 Å².